The van der Waals surface area contributed by atoms with Crippen molar-refractivity contribution in [3.63, 3.8) is 0 Å². The van der Waals surface area contributed by atoms with E-state index in [0.29, 0.717) is 10.0 Å². The number of esters is 1. The molecule has 0 aliphatic carbocycles. The maximum absolute atomic E-state index is 13.3. The number of carbonyl (C=O) groups excluding carboxylic acids is 1. The summed E-state index contributed by atoms with van der Waals surface area (Å²) in [6.07, 6.45) is 0. The van der Waals surface area contributed by atoms with Gasteiger partial charge in [-0.15, -0.1) is 0 Å². The molecule has 5 heteroatoms. The lowest BCUT2D eigenvalue weighted by atomic mass is 10.1. The van der Waals surface area contributed by atoms with E-state index < -0.39 is 11.8 Å². The van der Waals surface area contributed by atoms with E-state index in [-0.39, 0.29) is 10.9 Å². The second kappa shape index (κ2) is 4.89. The van der Waals surface area contributed by atoms with E-state index >= 15 is 0 Å². The van der Waals surface area contributed by atoms with Crippen LogP contribution < -0.4 is 0 Å². The van der Waals surface area contributed by atoms with Crippen LogP contribution in [0.2, 0.25) is 0 Å². The normalized spacial score (nSPS) is 10.0. The molecule has 0 N–H and O–H groups in total. The van der Waals surface area contributed by atoms with Crippen LogP contribution in [0.25, 0.3) is 0 Å². The van der Waals surface area contributed by atoms with Crippen molar-refractivity contribution in [2.75, 3.05) is 7.11 Å². The minimum Gasteiger partial charge on any atom is -0.465 e. The molecule has 0 saturated carbocycles. The standard InChI is InChI=1S/C9H7Br2FO2/c1-14-9(13)6-2-5(11)3-8(12)7(6)4-10/h2-3H,4H2,1H3. The topological polar surface area (TPSA) is 26.3 Å². The predicted molar refractivity (Wildman–Crippen MR) is 58.1 cm³/mol. The van der Waals surface area contributed by atoms with Crippen molar-refractivity contribution in [2.24, 2.45) is 0 Å². The lowest BCUT2D eigenvalue weighted by molar-refractivity contribution is 0.0599. The van der Waals surface area contributed by atoms with Crippen molar-refractivity contribution in [1.82, 2.24) is 0 Å². The van der Waals surface area contributed by atoms with Crippen molar-refractivity contribution in [1.29, 1.82) is 0 Å². The number of alkyl halides is 1. The van der Waals surface area contributed by atoms with Crippen molar-refractivity contribution in [2.45, 2.75) is 5.33 Å². The molecule has 0 saturated heterocycles. The summed E-state index contributed by atoms with van der Waals surface area (Å²) in [6, 6.07) is 2.84. The highest BCUT2D eigenvalue weighted by molar-refractivity contribution is 9.10. The summed E-state index contributed by atoms with van der Waals surface area (Å²) in [5, 5.41) is 0.274. The summed E-state index contributed by atoms with van der Waals surface area (Å²) >= 11 is 6.23. The largest absolute Gasteiger partial charge is 0.465 e. The van der Waals surface area contributed by atoms with Gasteiger partial charge in [0.05, 0.1) is 12.7 Å². The Morgan fingerprint density at radius 1 is 1.57 bits per heavy atom. The number of methoxy groups -OCH3 is 1. The number of carbonyl (C=O) groups is 1. The van der Waals surface area contributed by atoms with Gasteiger partial charge < -0.3 is 4.74 Å². The molecular weight excluding hydrogens is 319 g/mol. The van der Waals surface area contributed by atoms with Crippen molar-refractivity contribution < 1.29 is 13.9 Å². The number of ether oxygens (including phenoxy) is 1. The van der Waals surface area contributed by atoms with Gasteiger partial charge in [0.25, 0.3) is 0 Å². The minimum atomic E-state index is -0.542. The molecule has 0 atom stereocenters. The molecule has 0 radical (unpaired) electrons. The molecule has 0 spiro atoms. The van der Waals surface area contributed by atoms with Gasteiger partial charge in [0.15, 0.2) is 0 Å². The Hall–Kier alpha value is -0.420. The van der Waals surface area contributed by atoms with Gasteiger partial charge in [0.2, 0.25) is 0 Å². The molecule has 0 fully saturated rings. The maximum atomic E-state index is 13.3. The Bertz CT molecular complexity index is 366. The molecular formula is C9H7Br2FO2. The molecule has 1 rings (SSSR count). The first-order valence-corrected chi connectivity index (χ1v) is 5.63. The van der Waals surface area contributed by atoms with Crippen molar-refractivity contribution in [3.05, 3.63) is 33.5 Å². The van der Waals surface area contributed by atoms with Gasteiger partial charge in [-0.1, -0.05) is 31.9 Å². The molecule has 0 amide bonds. The Balaban J connectivity index is 3.32. The molecule has 0 heterocycles. The van der Waals surface area contributed by atoms with Gasteiger partial charge in [0.1, 0.15) is 5.82 Å². The molecule has 0 bridgehead atoms. The monoisotopic (exact) mass is 324 g/mol. The van der Waals surface area contributed by atoms with Crippen LogP contribution in [-0.2, 0) is 10.1 Å². The van der Waals surface area contributed by atoms with Crippen LogP contribution in [0.15, 0.2) is 16.6 Å². The molecule has 0 aromatic heterocycles. The third-order valence-corrected chi connectivity index (χ3v) is 2.72. The smallest absolute Gasteiger partial charge is 0.338 e. The van der Waals surface area contributed by atoms with Crippen LogP contribution in [0.4, 0.5) is 4.39 Å². The van der Waals surface area contributed by atoms with Crippen molar-refractivity contribution >= 4 is 37.8 Å². The average molecular weight is 326 g/mol. The zero-order valence-electron chi connectivity index (χ0n) is 7.31. The van der Waals surface area contributed by atoms with Gasteiger partial charge in [-0.3, -0.25) is 0 Å². The summed E-state index contributed by atoms with van der Waals surface area (Å²) in [5.41, 5.74) is 0.538. The number of hydrogen-bond donors (Lipinski definition) is 0. The fourth-order valence-electron chi connectivity index (χ4n) is 1.03. The molecule has 1 aromatic carbocycles. The Labute approximate surface area is 97.7 Å². The summed E-state index contributed by atoms with van der Waals surface area (Å²) in [4.78, 5) is 11.3. The highest BCUT2D eigenvalue weighted by atomic mass is 79.9. The minimum absolute atomic E-state index is 0.233. The zero-order chi connectivity index (χ0) is 10.7. The number of halogens is 3. The third-order valence-electron chi connectivity index (χ3n) is 1.70. The van der Waals surface area contributed by atoms with E-state index in [2.05, 4.69) is 36.6 Å². The zero-order valence-corrected chi connectivity index (χ0v) is 10.5. The quantitative estimate of drug-likeness (QED) is 0.616. The Morgan fingerprint density at radius 3 is 2.71 bits per heavy atom. The SMILES string of the molecule is COC(=O)c1cc(Br)cc(F)c1CBr. The Morgan fingerprint density at radius 2 is 2.21 bits per heavy atom. The first-order valence-electron chi connectivity index (χ1n) is 3.72. The average Bonchev–Trinajstić information content (AvgIpc) is 2.15. The van der Waals surface area contributed by atoms with E-state index in [4.69, 9.17) is 0 Å². The van der Waals surface area contributed by atoms with Crippen LogP contribution in [0.1, 0.15) is 15.9 Å². The summed E-state index contributed by atoms with van der Waals surface area (Å²) in [7, 11) is 1.26. The third kappa shape index (κ3) is 2.33. The van der Waals surface area contributed by atoms with Crippen LogP contribution >= 0.6 is 31.9 Å². The highest BCUT2D eigenvalue weighted by Gasteiger charge is 2.15. The second-order valence-electron chi connectivity index (χ2n) is 2.54. The lowest BCUT2D eigenvalue weighted by Crippen LogP contribution is -2.06. The molecule has 76 valence electrons. The molecule has 14 heavy (non-hydrogen) atoms. The first kappa shape index (κ1) is 11.7. The summed E-state index contributed by atoms with van der Waals surface area (Å²) < 4.78 is 18.4. The van der Waals surface area contributed by atoms with Gasteiger partial charge in [-0.05, 0) is 12.1 Å². The summed E-state index contributed by atoms with van der Waals surface area (Å²) in [6.45, 7) is 0. The molecule has 0 aliphatic rings. The van der Waals surface area contributed by atoms with Crippen LogP contribution in [0, 0.1) is 5.82 Å². The number of benzene rings is 1. The van der Waals surface area contributed by atoms with Gasteiger partial charge >= 0.3 is 5.97 Å². The van der Waals surface area contributed by atoms with E-state index in [1.165, 1.54) is 19.2 Å². The molecule has 2 nitrogen and oxygen atoms in total. The fourth-order valence-corrected chi connectivity index (χ4v) is 2.03. The van der Waals surface area contributed by atoms with Crippen LogP contribution in [-0.4, -0.2) is 13.1 Å². The number of rotatable bonds is 2. The number of hydrogen-bond acceptors (Lipinski definition) is 2. The van der Waals surface area contributed by atoms with E-state index in [1.807, 2.05) is 0 Å². The van der Waals surface area contributed by atoms with Crippen LogP contribution in [0.5, 0.6) is 0 Å². The van der Waals surface area contributed by atoms with E-state index in [1.54, 1.807) is 0 Å². The van der Waals surface area contributed by atoms with E-state index in [0.717, 1.165) is 0 Å². The van der Waals surface area contributed by atoms with Crippen LogP contribution in [0.3, 0.4) is 0 Å². The predicted octanol–water partition coefficient (Wildman–Crippen LogP) is 3.27. The van der Waals surface area contributed by atoms with Crippen molar-refractivity contribution in [3.8, 4) is 0 Å². The van der Waals surface area contributed by atoms with Gasteiger partial charge in [0, 0.05) is 15.4 Å². The molecule has 0 aliphatic heterocycles. The summed E-state index contributed by atoms with van der Waals surface area (Å²) in [5.74, 6) is -0.976. The van der Waals surface area contributed by atoms with E-state index in [9.17, 15) is 9.18 Å². The fraction of sp³-hybridized carbons (Fsp3) is 0.222. The first-order chi connectivity index (χ1) is 6.60. The molecule has 0 unspecified atom stereocenters. The second-order valence-corrected chi connectivity index (χ2v) is 4.02. The van der Waals surface area contributed by atoms with Gasteiger partial charge in [-0.2, -0.15) is 0 Å². The van der Waals surface area contributed by atoms with Gasteiger partial charge in [-0.25, -0.2) is 9.18 Å². The molecule has 1 aromatic rings. The maximum Gasteiger partial charge on any atom is 0.338 e. The highest BCUT2D eigenvalue weighted by Crippen LogP contribution is 2.23. The lowest BCUT2D eigenvalue weighted by Gasteiger charge is -2.06. The Kier molecular flexibility index (Phi) is 4.07.